The van der Waals surface area contributed by atoms with Crippen LogP contribution in [0.3, 0.4) is 0 Å². The molecule has 0 bridgehead atoms. The fourth-order valence-corrected chi connectivity index (χ4v) is 3.90. The van der Waals surface area contributed by atoms with E-state index in [0.717, 1.165) is 11.3 Å². The molecule has 0 saturated heterocycles. The first kappa shape index (κ1) is 14.9. The van der Waals surface area contributed by atoms with Gasteiger partial charge in [0.15, 0.2) is 5.54 Å². The molecule has 0 saturated carbocycles. The van der Waals surface area contributed by atoms with Gasteiger partial charge in [-0.1, -0.05) is 32.0 Å². The number of nitrogens with zero attached hydrogens (tertiary/aromatic N) is 2. The van der Waals surface area contributed by atoms with Crippen molar-refractivity contribution in [2.75, 3.05) is 10.3 Å². The van der Waals surface area contributed by atoms with E-state index in [0.29, 0.717) is 11.4 Å². The molecule has 2 aromatic carbocycles. The second-order valence-corrected chi connectivity index (χ2v) is 6.82. The molecule has 122 valence electrons. The Kier molecular flexibility index (Phi) is 2.89. The van der Waals surface area contributed by atoms with Crippen molar-refractivity contribution in [3.05, 3.63) is 59.9 Å². The highest BCUT2D eigenvalue weighted by molar-refractivity contribution is 6.26. The molecule has 5 heteroatoms. The number of amides is 1. The molecule has 1 atom stereocenters. The Labute approximate surface area is 140 Å². The topological polar surface area (TPSA) is 44.7 Å². The molecule has 1 spiro atoms. The number of hydrazone groups is 1. The number of carbonyl (C=O) groups is 1. The van der Waals surface area contributed by atoms with Crippen LogP contribution in [0.5, 0.6) is 0 Å². The third-order valence-electron chi connectivity index (χ3n) is 5.24. The number of hydrogen-bond acceptors (Lipinski definition) is 3. The van der Waals surface area contributed by atoms with Crippen LogP contribution in [0.2, 0.25) is 0 Å². The Balaban J connectivity index is 1.83. The number of para-hydroxylation sites is 1. The van der Waals surface area contributed by atoms with Crippen LogP contribution in [-0.2, 0) is 10.2 Å². The average molecular weight is 323 g/mol. The molecule has 4 nitrogen and oxygen atoms in total. The zero-order valence-electron chi connectivity index (χ0n) is 13.8. The van der Waals surface area contributed by atoms with E-state index in [1.54, 1.807) is 12.1 Å². The number of fused-ring (bicyclic) bond motifs is 1. The van der Waals surface area contributed by atoms with E-state index in [1.165, 1.54) is 17.1 Å². The largest absolute Gasteiger partial charge is 0.366 e. The quantitative estimate of drug-likeness (QED) is 0.870. The van der Waals surface area contributed by atoms with Gasteiger partial charge in [-0.05, 0) is 42.8 Å². The van der Waals surface area contributed by atoms with Gasteiger partial charge in [0.2, 0.25) is 0 Å². The lowest BCUT2D eigenvalue weighted by atomic mass is 9.68. The first-order valence-corrected chi connectivity index (χ1v) is 7.91. The van der Waals surface area contributed by atoms with Gasteiger partial charge in [-0.2, -0.15) is 10.1 Å². The summed E-state index contributed by atoms with van der Waals surface area (Å²) < 4.78 is 13.2. The van der Waals surface area contributed by atoms with Gasteiger partial charge < -0.3 is 5.32 Å². The monoisotopic (exact) mass is 323 g/mol. The van der Waals surface area contributed by atoms with Crippen molar-refractivity contribution < 1.29 is 9.18 Å². The normalized spacial score (nSPS) is 24.1. The second kappa shape index (κ2) is 4.66. The molecular formula is C19H18FN3O. The molecule has 24 heavy (non-hydrogen) atoms. The van der Waals surface area contributed by atoms with Crippen LogP contribution in [0.4, 0.5) is 15.8 Å². The van der Waals surface area contributed by atoms with Crippen molar-refractivity contribution in [3.63, 3.8) is 0 Å². The van der Waals surface area contributed by atoms with Crippen molar-refractivity contribution in [1.82, 2.24) is 0 Å². The Morgan fingerprint density at radius 3 is 2.42 bits per heavy atom. The van der Waals surface area contributed by atoms with Crippen LogP contribution >= 0.6 is 0 Å². The first-order valence-electron chi connectivity index (χ1n) is 7.91. The molecule has 1 N–H and O–H groups in total. The molecule has 0 fully saturated rings. The Hall–Kier alpha value is -2.69. The summed E-state index contributed by atoms with van der Waals surface area (Å²) in [4.78, 5) is 13.4. The molecule has 0 radical (unpaired) electrons. The first-order chi connectivity index (χ1) is 11.4. The summed E-state index contributed by atoms with van der Waals surface area (Å²) >= 11 is 0. The second-order valence-electron chi connectivity index (χ2n) is 6.82. The van der Waals surface area contributed by atoms with Crippen LogP contribution in [0, 0.1) is 5.82 Å². The fourth-order valence-electron chi connectivity index (χ4n) is 3.90. The number of benzene rings is 2. The SMILES string of the molecule is CC1=NN(c2ccc(F)cc2)C(=O)C12Nc1ccccc1C2(C)C. The number of nitrogens with one attached hydrogen (secondary N) is 1. The summed E-state index contributed by atoms with van der Waals surface area (Å²) in [6.07, 6.45) is 0. The van der Waals surface area contributed by atoms with E-state index < -0.39 is 11.0 Å². The lowest BCUT2D eigenvalue weighted by Crippen LogP contribution is -2.60. The van der Waals surface area contributed by atoms with E-state index in [2.05, 4.69) is 24.3 Å². The third-order valence-corrected chi connectivity index (χ3v) is 5.24. The van der Waals surface area contributed by atoms with Crippen molar-refractivity contribution in [1.29, 1.82) is 0 Å². The molecular weight excluding hydrogens is 305 g/mol. The van der Waals surface area contributed by atoms with Crippen LogP contribution in [0.15, 0.2) is 53.6 Å². The smallest absolute Gasteiger partial charge is 0.279 e. The summed E-state index contributed by atoms with van der Waals surface area (Å²) in [5.74, 6) is -0.486. The highest BCUT2D eigenvalue weighted by atomic mass is 19.1. The molecule has 2 aromatic rings. The molecule has 1 unspecified atom stereocenters. The number of halogens is 1. The van der Waals surface area contributed by atoms with Gasteiger partial charge in [0.05, 0.1) is 11.4 Å². The number of carbonyl (C=O) groups excluding carboxylic acids is 1. The minimum Gasteiger partial charge on any atom is -0.366 e. The molecule has 2 aliphatic heterocycles. The van der Waals surface area contributed by atoms with Crippen molar-refractivity contribution >= 4 is 23.0 Å². The van der Waals surface area contributed by atoms with Crippen LogP contribution in [-0.4, -0.2) is 17.2 Å². The molecule has 0 aliphatic carbocycles. The Morgan fingerprint density at radius 2 is 1.75 bits per heavy atom. The highest BCUT2D eigenvalue weighted by Gasteiger charge is 2.63. The van der Waals surface area contributed by atoms with Gasteiger partial charge in [0.25, 0.3) is 5.91 Å². The molecule has 1 amide bonds. The summed E-state index contributed by atoms with van der Waals surface area (Å²) in [7, 11) is 0. The maximum Gasteiger partial charge on any atom is 0.279 e. The average Bonchev–Trinajstić information content (AvgIpc) is 2.96. The van der Waals surface area contributed by atoms with Gasteiger partial charge >= 0.3 is 0 Å². The summed E-state index contributed by atoms with van der Waals surface area (Å²) in [6.45, 7) is 5.97. The van der Waals surface area contributed by atoms with Gasteiger partial charge in [0.1, 0.15) is 5.82 Å². The Morgan fingerprint density at radius 1 is 1.08 bits per heavy atom. The standard InChI is InChI=1S/C19H18FN3O/c1-12-19(18(2,3)15-6-4-5-7-16(15)21-19)17(24)23(22-12)14-10-8-13(20)9-11-14/h4-11,21H,1-3H3. The molecule has 0 aromatic heterocycles. The zero-order chi connectivity index (χ0) is 17.1. The molecule has 2 aliphatic rings. The van der Waals surface area contributed by atoms with E-state index >= 15 is 0 Å². The lowest BCUT2D eigenvalue weighted by molar-refractivity contribution is -0.121. The number of rotatable bonds is 1. The van der Waals surface area contributed by atoms with E-state index in [1.807, 2.05) is 31.2 Å². The molecule has 2 heterocycles. The maximum absolute atomic E-state index is 13.4. The number of anilines is 2. The predicted molar refractivity (Wildman–Crippen MR) is 92.8 cm³/mol. The number of hydrogen-bond donors (Lipinski definition) is 1. The van der Waals surface area contributed by atoms with Gasteiger partial charge in [-0.25, -0.2) is 4.39 Å². The minimum absolute atomic E-state index is 0.146. The zero-order valence-corrected chi connectivity index (χ0v) is 13.8. The molecule has 4 rings (SSSR count). The summed E-state index contributed by atoms with van der Waals surface area (Å²) in [6, 6.07) is 13.7. The van der Waals surface area contributed by atoms with Crippen LogP contribution < -0.4 is 10.3 Å². The maximum atomic E-state index is 13.4. The van der Waals surface area contributed by atoms with Crippen molar-refractivity contribution in [2.45, 2.75) is 31.7 Å². The highest BCUT2D eigenvalue weighted by Crippen LogP contribution is 2.51. The van der Waals surface area contributed by atoms with Crippen LogP contribution in [0.25, 0.3) is 0 Å². The lowest BCUT2D eigenvalue weighted by Gasteiger charge is -2.36. The van der Waals surface area contributed by atoms with E-state index in [4.69, 9.17) is 0 Å². The predicted octanol–water partition coefficient (Wildman–Crippen LogP) is 3.69. The minimum atomic E-state index is -0.926. The van der Waals surface area contributed by atoms with Gasteiger partial charge in [0, 0.05) is 11.1 Å². The van der Waals surface area contributed by atoms with E-state index in [-0.39, 0.29) is 11.7 Å². The van der Waals surface area contributed by atoms with Gasteiger partial charge in [-0.15, -0.1) is 0 Å². The Bertz CT molecular complexity index is 872. The fraction of sp³-hybridized carbons (Fsp3) is 0.263. The summed E-state index contributed by atoms with van der Waals surface area (Å²) in [5.41, 5.74) is 1.93. The third kappa shape index (κ3) is 1.67. The van der Waals surface area contributed by atoms with Crippen LogP contribution in [0.1, 0.15) is 26.3 Å². The van der Waals surface area contributed by atoms with E-state index in [9.17, 15) is 9.18 Å². The van der Waals surface area contributed by atoms with Crippen molar-refractivity contribution in [3.8, 4) is 0 Å². The summed E-state index contributed by atoms with van der Waals surface area (Å²) in [5, 5.41) is 9.28. The van der Waals surface area contributed by atoms with Crippen molar-refractivity contribution in [2.24, 2.45) is 5.10 Å². The van der Waals surface area contributed by atoms with Gasteiger partial charge in [-0.3, -0.25) is 4.79 Å².